The fourth-order valence-corrected chi connectivity index (χ4v) is 2.26. The average Bonchev–Trinajstić information content (AvgIpc) is 2.37. The summed E-state index contributed by atoms with van der Waals surface area (Å²) in [5.41, 5.74) is 3.96. The van der Waals surface area contributed by atoms with Crippen molar-refractivity contribution in [2.75, 3.05) is 0 Å². The van der Waals surface area contributed by atoms with Gasteiger partial charge in [0.25, 0.3) is 5.56 Å². The Labute approximate surface area is 118 Å². The van der Waals surface area contributed by atoms with Gasteiger partial charge in [-0.2, -0.15) is 9.78 Å². The highest BCUT2D eigenvalue weighted by atomic mass is 16.1. The first-order valence-electron chi connectivity index (χ1n) is 6.72. The highest BCUT2D eigenvalue weighted by molar-refractivity contribution is 5.45. The van der Waals surface area contributed by atoms with E-state index in [2.05, 4.69) is 5.10 Å². The van der Waals surface area contributed by atoms with Gasteiger partial charge in [0.1, 0.15) is 0 Å². The highest BCUT2D eigenvalue weighted by Gasteiger charge is 2.05. The van der Waals surface area contributed by atoms with E-state index in [-0.39, 0.29) is 5.56 Å². The van der Waals surface area contributed by atoms with Gasteiger partial charge in [0.2, 0.25) is 0 Å². The number of nitrogens with zero attached hydrogens (tertiary/aromatic N) is 2. The Hall–Kier alpha value is -2.16. The Morgan fingerprint density at radius 2 is 1.80 bits per heavy atom. The maximum absolute atomic E-state index is 12.7. The number of rotatable bonds is 1. The monoisotopic (exact) mass is 268 g/mol. The Morgan fingerprint density at radius 3 is 2.35 bits per heavy atom. The molecule has 0 fully saturated rings. The van der Waals surface area contributed by atoms with E-state index in [4.69, 9.17) is 0 Å². The second-order valence-electron chi connectivity index (χ2n) is 5.49. The zero-order valence-electron chi connectivity index (χ0n) is 12.7. The quantitative estimate of drug-likeness (QED) is 0.792. The Balaban J connectivity index is 2.92. The van der Waals surface area contributed by atoms with Gasteiger partial charge in [0, 0.05) is 10.4 Å². The molecular weight excluding hydrogens is 248 g/mol. The van der Waals surface area contributed by atoms with Gasteiger partial charge in [-0.25, -0.2) is 0 Å². The first-order chi connectivity index (χ1) is 9.41. The summed E-state index contributed by atoms with van der Waals surface area (Å²) in [5.74, 6) is 0. The molecule has 0 aliphatic rings. The lowest BCUT2D eigenvalue weighted by atomic mass is 10.1. The van der Waals surface area contributed by atoms with E-state index in [1.165, 1.54) is 4.68 Å². The molecule has 104 valence electrons. The Morgan fingerprint density at radius 1 is 1.10 bits per heavy atom. The fraction of sp³-hybridized carbons (Fsp3) is 0.294. The van der Waals surface area contributed by atoms with Gasteiger partial charge in [-0.15, -0.1) is 0 Å². The van der Waals surface area contributed by atoms with Crippen LogP contribution < -0.4 is 16.0 Å². The molecule has 1 aromatic carbocycles. The number of aromatic nitrogens is 2. The third-order valence-electron chi connectivity index (χ3n) is 3.26. The normalized spacial score (nSPS) is 10.4. The summed E-state index contributed by atoms with van der Waals surface area (Å²) < 4.78 is 1.47. The summed E-state index contributed by atoms with van der Waals surface area (Å²) in [4.78, 5) is 12.7. The van der Waals surface area contributed by atoms with E-state index >= 15 is 0 Å². The van der Waals surface area contributed by atoms with Crippen LogP contribution in [0.15, 0.2) is 35.3 Å². The van der Waals surface area contributed by atoms with Crippen LogP contribution in [0.25, 0.3) is 16.8 Å². The standard InChI is InChI=1S/C17H20N2O/c1-11(2)15-10-18-19(17(20)16(15)12(3)4)14-8-6-7-13(5)9-14/h6-10H,1-5H3. The summed E-state index contributed by atoms with van der Waals surface area (Å²) in [6.45, 7) is 9.93. The van der Waals surface area contributed by atoms with Crippen molar-refractivity contribution in [3.63, 3.8) is 0 Å². The number of hydrogen-bond acceptors (Lipinski definition) is 2. The van der Waals surface area contributed by atoms with E-state index in [9.17, 15) is 4.79 Å². The second-order valence-corrected chi connectivity index (χ2v) is 5.49. The van der Waals surface area contributed by atoms with Crippen molar-refractivity contribution < 1.29 is 0 Å². The number of hydrogen-bond donors (Lipinski definition) is 0. The minimum Gasteiger partial charge on any atom is -0.267 e. The van der Waals surface area contributed by atoms with Crippen LogP contribution in [-0.4, -0.2) is 9.78 Å². The SMILES string of the molecule is CC(C)=c1cnn(-c2cccc(C)c2)c(=O)c1=C(C)C. The molecule has 2 rings (SSSR count). The molecule has 1 heterocycles. The summed E-state index contributed by atoms with van der Waals surface area (Å²) in [7, 11) is 0. The van der Waals surface area contributed by atoms with Crippen LogP contribution in [0.1, 0.15) is 33.3 Å². The van der Waals surface area contributed by atoms with E-state index in [0.29, 0.717) is 0 Å². The van der Waals surface area contributed by atoms with Crippen LogP contribution in [0.3, 0.4) is 0 Å². The van der Waals surface area contributed by atoms with E-state index in [1.807, 2.05) is 58.9 Å². The number of benzene rings is 1. The minimum absolute atomic E-state index is 0.0608. The topological polar surface area (TPSA) is 34.9 Å². The summed E-state index contributed by atoms with van der Waals surface area (Å²) >= 11 is 0. The molecule has 0 saturated heterocycles. The maximum Gasteiger partial charge on any atom is 0.279 e. The third-order valence-corrected chi connectivity index (χ3v) is 3.26. The first-order valence-corrected chi connectivity index (χ1v) is 6.72. The van der Waals surface area contributed by atoms with Crippen LogP contribution >= 0.6 is 0 Å². The van der Waals surface area contributed by atoms with Crippen molar-refractivity contribution in [3.05, 3.63) is 56.8 Å². The molecule has 0 saturated carbocycles. The Kier molecular flexibility index (Phi) is 3.89. The minimum atomic E-state index is -0.0608. The lowest BCUT2D eigenvalue weighted by Gasteiger charge is -2.06. The molecule has 0 unspecified atom stereocenters. The zero-order chi connectivity index (χ0) is 14.9. The molecule has 0 N–H and O–H groups in total. The molecular formula is C17H20N2O. The number of aryl methyl sites for hydroxylation is 1. The van der Waals surface area contributed by atoms with E-state index in [1.54, 1.807) is 6.20 Å². The van der Waals surface area contributed by atoms with Crippen LogP contribution in [0, 0.1) is 6.92 Å². The van der Waals surface area contributed by atoms with Gasteiger partial charge < -0.3 is 0 Å². The molecule has 0 aliphatic heterocycles. The molecule has 3 nitrogen and oxygen atoms in total. The third kappa shape index (κ3) is 2.57. The summed E-state index contributed by atoms with van der Waals surface area (Å²) in [5, 5.41) is 6.00. The zero-order valence-corrected chi connectivity index (χ0v) is 12.7. The summed E-state index contributed by atoms with van der Waals surface area (Å²) in [6, 6.07) is 7.81. The predicted octanol–water partition coefficient (Wildman–Crippen LogP) is 1.92. The van der Waals surface area contributed by atoms with Gasteiger partial charge in [-0.3, -0.25) is 4.79 Å². The lowest BCUT2D eigenvalue weighted by Crippen LogP contribution is -2.47. The molecule has 0 bridgehead atoms. The van der Waals surface area contributed by atoms with Gasteiger partial charge in [0.05, 0.1) is 11.9 Å². The maximum atomic E-state index is 12.7. The average molecular weight is 268 g/mol. The fourth-order valence-electron chi connectivity index (χ4n) is 2.26. The van der Waals surface area contributed by atoms with Crippen molar-refractivity contribution in [1.29, 1.82) is 0 Å². The van der Waals surface area contributed by atoms with Crippen molar-refractivity contribution in [3.8, 4) is 5.69 Å². The van der Waals surface area contributed by atoms with Crippen molar-refractivity contribution >= 4 is 11.1 Å². The van der Waals surface area contributed by atoms with Gasteiger partial charge in [0.15, 0.2) is 0 Å². The van der Waals surface area contributed by atoms with Crippen LogP contribution in [-0.2, 0) is 0 Å². The second kappa shape index (κ2) is 5.45. The van der Waals surface area contributed by atoms with Crippen LogP contribution in [0.5, 0.6) is 0 Å². The molecule has 0 radical (unpaired) electrons. The first kappa shape index (κ1) is 14.3. The molecule has 0 atom stereocenters. The Bertz CT molecular complexity index is 821. The summed E-state index contributed by atoms with van der Waals surface area (Å²) in [6.07, 6.45) is 1.78. The van der Waals surface area contributed by atoms with Crippen LogP contribution in [0.2, 0.25) is 0 Å². The lowest BCUT2D eigenvalue weighted by molar-refractivity contribution is 0.789. The smallest absolute Gasteiger partial charge is 0.267 e. The van der Waals surface area contributed by atoms with Crippen molar-refractivity contribution in [1.82, 2.24) is 9.78 Å². The van der Waals surface area contributed by atoms with E-state index < -0.39 is 0 Å². The molecule has 0 aliphatic carbocycles. The largest absolute Gasteiger partial charge is 0.279 e. The van der Waals surface area contributed by atoms with E-state index in [0.717, 1.165) is 32.8 Å². The molecule has 3 heteroatoms. The van der Waals surface area contributed by atoms with Crippen LogP contribution in [0.4, 0.5) is 0 Å². The predicted molar refractivity (Wildman–Crippen MR) is 83.3 cm³/mol. The van der Waals surface area contributed by atoms with Gasteiger partial charge in [-0.1, -0.05) is 23.3 Å². The molecule has 0 spiro atoms. The van der Waals surface area contributed by atoms with Gasteiger partial charge in [-0.05, 0) is 52.3 Å². The van der Waals surface area contributed by atoms with Crippen molar-refractivity contribution in [2.24, 2.45) is 0 Å². The highest BCUT2D eigenvalue weighted by Crippen LogP contribution is 2.05. The van der Waals surface area contributed by atoms with Gasteiger partial charge >= 0.3 is 0 Å². The molecule has 0 amide bonds. The molecule has 20 heavy (non-hydrogen) atoms. The molecule has 2 aromatic rings. The molecule has 1 aromatic heterocycles. The van der Waals surface area contributed by atoms with Crippen molar-refractivity contribution in [2.45, 2.75) is 34.6 Å².